The first-order valence-corrected chi connectivity index (χ1v) is 11.1. The Hall–Kier alpha value is -1.24. The number of nitrogens with zero attached hydrogens (tertiary/aromatic N) is 4. The fourth-order valence-electron chi connectivity index (χ4n) is 4.85. The monoisotopic (exact) mass is 498 g/mol. The molecular formula is C24H30FN4OY-. The van der Waals surface area contributed by atoms with Crippen LogP contribution in [-0.4, -0.2) is 39.8 Å². The van der Waals surface area contributed by atoms with Crippen LogP contribution in [0.1, 0.15) is 53.9 Å². The Labute approximate surface area is 208 Å². The molecule has 0 saturated carbocycles. The largest absolute Gasteiger partial charge is 0.807 e. The van der Waals surface area contributed by atoms with Crippen LogP contribution in [0.3, 0.4) is 0 Å². The Morgan fingerprint density at radius 1 is 1.19 bits per heavy atom. The van der Waals surface area contributed by atoms with Gasteiger partial charge < -0.3 is 10.3 Å². The van der Waals surface area contributed by atoms with Gasteiger partial charge in [0.25, 0.3) is 5.56 Å². The number of aryl methyl sites for hydroxylation is 3. The standard InChI is InChI=1S/C24H30FN4O.Y/c1-16-15-19(25)6-7-20(16)23(26)18-8-12-28(13-9-18)14-10-21-17(2)27-22-5-3-4-11-29(22)24(21)30;/h6-7,15,18H,3-5,8-14H2,1-2H3;/q-1;. The summed E-state index contributed by atoms with van der Waals surface area (Å²) < 4.78 is 15.2. The third kappa shape index (κ3) is 5.40. The maximum atomic E-state index is 13.4. The minimum atomic E-state index is -0.276. The molecular weight excluding hydrogens is 468 g/mol. The van der Waals surface area contributed by atoms with Crippen molar-refractivity contribution < 1.29 is 37.1 Å². The summed E-state index contributed by atoms with van der Waals surface area (Å²) in [7, 11) is 0. The predicted octanol–water partition coefficient (Wildman–Crippen LogP) is 3.65. The van der Waals surface area contributed by atoms with E-state index in [2.05, 4.69) is 4.90 Å². The van der Waals surface area contributed by atoms with E-state index < -0.39 is 0 Å². The van der Waals surface area contributed by atoms with E-state index in [-0.39, 0.29) is 50.0 Å². The molecule has 0 atom stereocenters. The van der Waals surface area contributed by atoms with E-state index >= 15 is 0 Å². The fourth-order valence-corrected chi connectivity index (χ4v) is 4.85. The van der Waals surface area contributed by atoms with Crippen LogP contribution in [-0.2, 0) is 52.1 Å². The van der Waals surface area contributed by atoms with Gasteiger partial charge in [-0.05, 0) is 88.2 Å². The van der Waals surface area contributed by atoms with E-state index in [1.165, 1.54) is 12.1 Å². The molecule has 1 fully saturated rings. The summed E-state index contributed by atoms with van der Waals surface area (Å²) in [5.74, 6) is 0.764. The van der Waals surface area contributed by atoms with Gasteiger partial charge >= 0.3 is 0 Å². The number of halogens is 1. The van der Waals surface area contributed by atoms with Crippen LogP contribution in [0.4, 0.5) is 4.39 Å². The number of piperidine rings is 1. The second kappa shape index (κ2) is 10.6. The first-order valence-electron chi connectivity index (χ1n) is 11.1. The van der Waals surface area contributed by atoms with Crippen molar-refractivity contribution in [2.75, 3.05) is 19.6 Å². The fraction of sp³-hybridized carbons (Fsp3) is 0.542. The molecule has 2 aliphatic rings. The van der Waals surface area contributed by atoms with Crippen molar-refractivity contribution in [1.29, 1.82) is 0 Å². The number of hydrogen-bond donors (Lipinski definition) is 0. The van der Waals surface area contributed by atoms with Crippen LogP contribution in [0.2, 0.25) is 0 Å². The number of rotatable bonds is 5. The van der Waals surface area contributed by atoms with Crippen LogP contribution in [0.25, 0.3) is 5.41 Å². The summed E-state index contributed by atoms with van der Waals surface area (Å²) in [6.07, 6.45) is 5.51. The number of benzene rings is 1. The molecule has 1 aromatic heterocycles. The van der Waals surface area contributed by atoms with E-state index in [4.69, 9.17) is 4.98 Å². The molecule has 4 rings (SSSR count). The predicted molar refractivity (Wildman–Crippen MR) is 118 cm³/mol. The first kappa shape index (κ1) is 24.4. The Bertz CT molecular complexity index is 1010. The second-order valence-electron chi connectivity index (χ2n) is 8.72. The Kier molecular flexibility index (Phi) is 8.34. The molecule has 2 aliphatic heterocycles. The summed E-state index contributed by atoms with van der Waals surface area (Å²) in [5.41, 5.74) is 3.76. The van der Waals surface area contributed by atoms with Crippen molar-refractivity contribution in [3.05, 3.63) is 68.0 Å². The molecule has 0 amide bonds. The molecule has 31 heavy (non-hydrogen) atoms. The molecule has 2 aromatic rings. The molecule has 0 N–H and O–H groups in total. The summed E-state index contributed by atoms with van der Waals surface area (Å²) in [6, 6.07) is 4.54. The Balaban J connectivity index is 0.00000272. The van der Waals surface area contributed by atoms with Crippen molar-refractivity contribution in [2.24, 2.45) is 5.92 Å². The second-order valence-corrected chi connectivity index (χ2v) is 8.72. The minimum absolute atomic E-state index is 0. The quantitative estimate of drug-likeness (QED) is 0.592. The molecule has 1 saturated heterocycles. The molecule has 0 aliphatic carbocycles. The van der Waals surface area contributed by atoms with Gasteiger partial charge in [-0.2, -0.15) is 5.71 Å². The van der Waals surface area contributed by atoms with Crippen LogP contribution < -0.4 is 5.56 Å². The SMILES string of the molecule is Cc1cc(F)ccc1C(=[N-])C1CCN(CCc2c(C)nc3n(c2=O)CCCC3)CC1.[Y]. The van der Waals surface area contributed by atoms with E-state index in [0.717, 1.165) is 92.9 Å². The molecule has 1 radical (unpaired) electrons. The van der Waals surface area contributed by atoms with E-state index in [0.29, 0.717) is 5.71 Å². The number of fused-ring (bicyclic) bond motifs is 1. The average Bonchev–Trinajstić information content (AvgIpc) is 2.73. The van der Waals surface area contributed by atoms with Gasteiger partial charge in [0.2, 0.25) is 0 Å². The van der Waals surface area contributed by atoms with Gasteiger partial charge in [0.15, 0.2) is 0 Å². The first-order chi connectivity index (χ1) is 14.4. The molecule has 1 aromatic carbocycles. The number of likely N-dealkylation sites (tertiary alicyclic amines) is 1. The van der Waals surface area contributed by atoms with E-state index in [1.807, 2.05) is 18.4 Å². The molecule has 3 heterocycles. The van der Waals surface area contributed by atoms with Crippen molar-refractivity contribution in [3.63, 3.8) is 0 Å². The molecule has 5 nitrogen and oxygen atoms in total. The van der Waals surface area contributed by atoms with E-state index in [9.17, 15) is 14.6 Å². The Morgan fingerprint density at radius 3 is 2.65 bits per heavy atom. The molecule has 163 valence electrons. The van der Waals surface area contributed by atoms with Gasteiger partial charge in [-0.25, -0.2) is 9.37 Å². The zero-order chi connectivity index (χ0) is 21.3. The zero-order valence-electron chi connectivity index (χ0n) is 18.5. The van der Waals surface area contributed by atoms with Crippen molar-refractivity contribution in [3.8, 4) is 0 Å². The van der Waals surface area contributed by atoms with Crippen LogP contribution in [0.15, 0.2) is 23.0 Å². The molecule has 0 spiro atoms. The smallest absolute Gasteiger partial charge is 0.256 e. The maximum absolute atomic E-state index is 13.4. The van der Waals surface area contributed by atoms with Crippen LogP contribution in [0, 0.1) is 25.6 Å². The van der Waals surface area contributed by atoms with E-state index in [1.54, 1.807) is 6.07 Å². The van der Waals surface area contributed by atoms with Gasteiger partial charge in [0.05, 0.1) is 0 Å². The van der Waals surface area contributed by atoms with Gasteiger partial charge in [-0.15, -0.1) is 0 Å². The number of aromatic nitrogens is 2. The topological polar surface area (TPSA) is 60.4 Å². The van der Waals surface area contributed by atoms with Crippen molar-refractivity contribution in [2.45, 2.75) is 58.9 Å². The molecule has 0 unspecified atom stereocenters. The molecule has 0 bridgehead atoms. The zero-order valence-corrected chi connectivity index (χ0v) is 21.4. The number of hydrogen-bond acceptors (Lipinski definition) is 3. The van der Waals surface area contributed by atoms with Crippen molar-refractivity contribution in [1.82, 2.24) is 14.5 Å². The summed E-state index contributed by atoms with van der Waals surface area (Å²) in [6.45, 7) is 7.17. The van der Waals surface area contributed by atoms with Crippen LogP contribution >= 0.6 is 0 Å². The maximum Gasteiger partial charge on any atom is 0.256 e. The summed E-state index contributed by atoms with van der Waals surface area (Å²) in [5, 5.41) is 10.7. The van der Waals surface area contributed by atoms with Gasteiger partial charge in [-0.1, -0.05) is 6.07 Å². The Morgan fingerprint density at radius 2 is 1.94 bits per heavy atom. The van der Waals surface area contributed by atoms with Gasteiger partial charge in [0.1, 0.15) is 11.6 Å². The average molecular weight is 498 g/mol. The van der Waals surface area contributed by atoms with Gasteiger partial charge in [-0.3, -0.25) is 9.36 Å². The normalized spacial score (nSPS) is 17.1. The molecule has 7 heteroatoms. The summed E-state index contributed by atoms with van der Waals surface area (Å²) in [4.78, 5) is 20.0. The minimum Gasteiger partial charge on any atom is -0.807 e. The third-order valence-electron chi connectivity index (χ3n) is 6.70. The third-order valence-corrected chi connectivity index (χ3v) is 6.70. The summed E-state index contributed by atoms with van der Waals surface area (Å²) >= 11 is 0. The van der Waals surface area contributed by atoms with Crippen LogP contribution in [0.5, 0.6) is 0 Å². The van der Waals surface area contributed by atoms with Gasteiger partial charge in [0, 0.05) is 63.5 Å². The van der Waals surface area contributed by atoms with Crippen molar-refractivity contribution >= 4 is 5.71 Å².